The minimum absolute atomic E-state index is 0.0755. The molecule has 6 heteroatoms. The summed E-state index contributed by atoms with van der Waals surface area (Å²) >= 11 is 0. The van der Waals surface area contributed by atoms with Gasteiger partial charge in [-0.2, -0.15) is 4.52 Å². The van der Waals surface area contributed by atoms with Crippen LogP contribution in [0.25, 0.3) is 5.65 Å². The van der Waals surface area contributed by atoms with Gasteiger partial charge in [0.05, 0.1) is 0 Å². The summed E-state index contributed by atoms with van der Waals surface area (Å²) in [4.78, 5) is 2.62. The molecular formula is C20H34N6. The molecule has 0 unspecified atom stereocenters. The van der Waals surface area contributed by atoms with E-state index in [9.17, 15) is 0 Å². The van der Waals surface area contributed by atoms with Crippen LogP contribution in [0.3, 0.4) is 0 Å². The normalized spacial score (nSPS) is 17.3. The van der Waals surface area contributed by atoms with Crippen LogP contribution in [-0.4, -0.2) is 50.9 Å². The molecule has 1 aliphatic rings. The van der Waals surface area contributed by atoms with E-state index in [-0.39, 0.29) is 5.41 Å². The van der Waals surface area contributed by atoms with E-state index in [4.69, 9.17) is 5.10 Å². The summed E-state index contributed by atoms with van der Waals surface area (Å²) in [6, 6.07) is 4.00. The van der Waals surface area contributed by atoms with E-state index in [1.165, 1.54) is 38.9 Å². The van der Waals surface area contributed by atoms with Crippen LogP contribution in [0.2, 0.25) is 0 Å². The maximum Gasteiger partial charge on any atom is 0.178 e. The summed E-state index contributed by atoms with van der Waals surface area (Å²) in [6.07, 6.45) is 3.85. The lowest BCUT2D eigenvalue weighted by atomic mass is 9.96. The molecule has 0 saturated carbocycles. The van der Waals surface area contributed by atoms with Crippen molar-refractivity contribution < 1.29 is 0 Å². The predicted molar refractivity (Wildman–Crippen MR) is 107 cm³/mol. The number of anilines is 1. The maximum atomic E-state index is 4.72. The first-order valence-electron chi connectivity index (χ1n) is 10.0. The molecule has 2 aromatic rings. The summed E-state index contributed by atoms with van der Waals surface area (Å²) in [6.45, 7) is 15.7. The number of hydrogen-bond donors (Lipinski definition) is 1. The summed E-state index contributed by atoms with van der Waals surface area (Å²) in [5.74, 6) is 3.33. The lowest BCUT2D eigenvalue weighted by molar-refractivity contribution is 0.181. The minimum atomic E-state index is -0.0755. The average molecular weight is 359 g/mol. The lowest BCUT2D eigenvalue weighted by Crippen LogP contribution is -2.36. The van der Waals surface area contributed by atoms with Gasteiger partial charge in [-0.3, -0.25) is 0 Å². The van der Waals surface area contributed by atoms with Crippen molar-refractivity contribution in [2.75, 3.05) is 31.5 Å². The largest absolute Gasteiger partial charge is 0.368 e. The van der Waals surface area contributed by atoms with Crippen LogP contribution in [0.5, 0.6) is 0 Å². The summed E-state index contributed by atoms with van der Waals surface area (Å²) in [7, 11) is 0. The van der Waals surface area contributed by atoms with Crippen molar-refractivity contribution in [3.05, 3.63) is 18.0 Å². The van der Waals surface area contributed by atoms with E-state index in [1.807, 2.05) is 16.6 Å². The van der Waals surface area contributed by atoms with E-state index >= 15 is 0 Å². The summed E-state index contributed by atoms with van der Waals surface area (Å²) in [5.41, 5.74) is 0.729. The molecular weight excluding hydrogens is 324 g/mol. The minimum Gasteiger partial charge on any atom is -0.368 e. The Morgan fingerprint density at radius 1 is 1.15 bits per heavy atom. The molecule has 0 aliphatic carbocycles. The van der Waals surface area contributed by atoms with Gasteiger partial charge < -0.3 is 10.2 Å². The molecule has 0 radical (unpaired) electrons. The fraction of sp³-hybridized carbons (Fsp3) is 0.750. The third-order valence-electron chi connectivity index (χ3n) is 5.24. The van der Waals surface area contributed by atoms with E-state index in [0.29, 0.717) is 0 Å². The first kappa shape index (κ1) is 19.1. The molecule has 3 rings (SSSR count). The van der Waals surface area contributed by atoms with Gasteiger partial charge in [0.2, 0.25) is 0 Å². The number of likely N-dealkylation sites (tertiary alicyclic amines) is 1. The van der Waals surface area contributed by atoms with E-state index in [1.54, 1.807) is 0 Å². The second kappa shape index (κ2) is 7.91. The standard InChI is InChI=1S/C20H34N6/c1-15(2)8-11-25-12-9-16(10-13-25)14-21-17-6-7-18-22-23-19(20(3,4)5)26(18)24-17/h6-7,15-16H,8-14H2,1-5H3,(H,21,24). The Hall–Kier alpha value is -1.69. The topological polar surface area (TPSA) is 58.3 Å². The Kier molecular flexibility index (Phi) is 5.80. The zero-order valence-corrected chi connectivity index (χ0v) is 17.0. The van der Waals surface area contributed by atoms with Crippen LogP contribution in [0.15, 0.2) is 12.1 Å². The highest BCUT2D eigenvalue weighted by Gasteiger charge is 2.22. The first-order valence-corrected chi connectivity index (χ1v) is 10.0. The number of hydrogen-bond acceptors (Lipinski definition) is 5. The van der Waals surface area contributed by atoms with Gasteiger partial charge in [-0.15, -0.1) is 15.3 Å². The maximum absolute atomic E-state index is 4.72. The zero-order chi connectivity index (χ0) is 18.7. The van der Waals surface area contributed by atoms with Crippen LogP contribution in [0.1, 0.15) is 59.7 Å². The average Bonchev–Trinajstić information content (AvgIpc) is 3.02. The van der Waals surface area contributed by atoms with Crippen LogP contribution in [-0.2, 0) is 5.41 Å². The van der Waals surface area contributed by atoms with Crippen molar-refractivity contribution >= 4 is 11.5 Å². The SMILES string of the molecule is CC(C)CCN1CCC(CNc2ccc3nnc(C(C)(C)C)n3n2)CC1. The molecule has 0 aromatic carbocycles. The van der Waals surface area contributed by atoms with Gasteiger partial charge in [0, 0.05) is 12.0 Å². The van der Waals surface area contributed by atoms with Gasteiger partial charge in [-0.1, -0.05) is 34.6 Å². The smallest absolute Gasteiger partial charge is 0.178 e. The van der Waals surface area contributed by atoms with Gasteiger partial charge >= 0.3 is 0 Å². The van der Waals surface area contributed by atoms with Crippen molar-refractivity contribution in [2.24, 2.45) is 11.8 Å². The van der Waals surface area contributed by atoms with Gasteiger partial charge in [0.25, 0.3) is 0 Å². The van der Waals surface area contributed by atoms with Crippen molar-refractivity contribution in [3.8, 4) is 0 Å². The molecule has 1 aliphatic heterocycles. The molecule has 0 spiro atoms. The van der Waals surface area contributed by atoms with Crippen molar-refractivity contribution in [1.29, 1.82) is 0 Å². The molecule has 0 atom stereocenters. The second-order valence-corrected chi connectivity index (χ2v) is 9.11. The fourth-order valence-corrected chi connectivity index (χ4v) is 3.45. The number of nitrogens with zero attached hydrogens (tertiary/aromatic N) is 5. The lowest BCUT2D eigenvalue weighted by Gasteiger charge is -2.32. The van der Waals surface area contributed by atoms with Crippen molar-refractivity contribution in [2.45, 2.75) is 59.3 Å². The number of nitrogens with one attached hydrogen (secondary N) is 1. The molecule has 0 bridgehead atoms. The van der Waals surface area contributed by atoms with Crippen LogP contribution in [0, 0.1) is 11.8 Å². The third kappa shape index (κ3) is 4.72. The molecule has 0 amide bonds. The fourth-order valence-electron chi connectivity index (χ4n) is 3.45. The van der Waals surface area contributed by atoms with Crippen LogP contribution in [0.4, 0.5) is 5.82 Å². The van der Waals surface area contributed by atoms with Gasteiger partial charge in [0.15, 0.2) is 11.5 Å². The van der Waals surface area contributed by atoms with Crippen LogP contribution >= 0.6 is 0 Å². The van der Waals surface area contributed by atoms with E-state index in [0.717, 1.165) is 35.7 Å². The number of fused-ring (bicyclic) bond motifs is 1. The quantitative estimate of drug-likeness (QED) is 0.855. The van der Waals surface area contributed by atoms with Gasteiger partial charge in [0.1, 0.15) is 5.82 Å². The molecule has 144 valence electrons. The first-order chi connectivity index (χ1) is 12.3. The highest BCUT2D eigenvalue weighted by Crippen LogP contribution is 2.22. The van der Waals surface area contributed by atoms with Gasteiger partial charge in [-0.05, 0) is 62.9 Å². The number of rotatable bonds is 6. The van der Waals surface area contributed by atoms with E-state index in [2.05, 4.69) is 55.0 Å². The molecule has 1 N–H and O–H groups in total. The highest BCUT2D eigenvalue weighted by atomic mass is 15.4. The zero-order valence-electron chi connectivity index (χ0n) is 17.0. The highest BCUT2D eigenvalue weighted by molar-refractivity contribution is 5.44. The Morgan fingerprint density at radius 2 is 1.88 bits per heavy atom. The Balaban J connectivity index is 1.54. The Labute approximate surface area is 157 Å². The molecule has 1 fully saturated rings. The van der Waals surface area contributed by atoms with Gasteiger partial charge in [-0.25, -0.2) is 0 Å². The molecule has 26 heavy (non-hydrogen) atoms. The monoisotopic (exact) mass is 358 g/mol. The molecule has 2 aromatic heterocycles. The molecule has 3 heterocycles. The van der Waals surface area contributed by atoms with Crippen LogP contribution < -0.4 is 5.32 Å². The van der Waals surface area contributed by atoms with Crippen molar-refractivity contribution in [3.63, 3.8) is 0 Å². The third-order valence-corrected chi connectivity index (χ3v) is 5.24. The summed E-state index contributed by atoms with van der Waals surface area (Å²) < 4.78 is 1.87. The molecule has 1 saturated heterocycles. The predicted octanol–water partition coefficient (Wildman–Crippen LogP) is 3.59. The second-order valence-electron chi connectivity index (χ2n) is 9.11. The van der Waals surface area contributed by atoms with Crippen molar-refractivity contribution in [1.82, 2.24) is 24.7 Å². The summed E-state index contributed by atoms with van der Waals surface area (Å²) in [5, 5.41) is 16.8. The number of piperidine rings is 1. The Morgan fingerprint density at radius 3 is 2.54 bits per heavy atom. The Bertz CT molecular complexity index is 707. The van der Waals surface area contributed by atoms with E-state index < -0.39 is 0 Å². The molecule has 6 nitrogen and oxygen atoms in total. The number of aromatic nitrogens is 4.